The van der Waals surface area contributed by atoms with Crippen molar-refractivity contribution in [2.24, 2.45) is 0 Å². The van der Waals surface area contributed by atoms with Crippen molar-refractivity contribution in [1.82, 2.24) is 5.32 Å². The summed E-state index contributed by atoms with van der Waals surface area (Å²) < 4.78 is 13.1. The van der Waals surface area contributed by atoms with Gasteiger partial charge in [0.15, 0.2) is 0 Å². The highest BCUT2D eigenvalue weighted by atomic mass is 19.1. The third-order valence-electron chi connectivity index (χ3n) is 3.66. The Morgan fingerprint density at radius 3 is 2.89 bits per heavy atom. The molecule has 1 aliphatic rings. The van der Waals surface area contributed by atoms with Crippen molar-refractivity contribution in [1.29, 1.82) is 0 Å². The highest BCUT2D eigenvalue weighted by molar-refractivity contribution is 5.34. The van der Waals surface area contributed by atoms with E-state index in [0.717, 1.165) is 50.6 Å². The number of hydrogen-bond acceptors (Lipinski definition) is 2. The normalized spacial score (nSPS) is 18.0. The van der Waals surface area contributed by atoms with Crippen molar-refractivity contribution in [3.8, 4) is 0 Å². The maximum Gasteiger partial charge on any atom is 0.123 e. The molecule has 1 aromatic carbocycles. The van der Waals surface area contributed by atoms with Crippen LogP contribution in [0.25, 0.3) is 0 Å². The van der Waals surface area contributed by atoms with Crippen LogP contribution in [0.5, 0.6) is 0 Å². The summed E-state index contributed by atoms with van der Waals surface area (Å²) in [6.45, 7) is 1.31. The van der Waals surface area contributed by atoms with E-state index in [0.29, 0.717) is 12.6 Å². The maximum atomic E-state index is 13.1. The number of halogens is 1. The first-order valence-corrected chi connectivity index (χ1v) is 6.94. The third kappa shape index (κ3) is 3.53. The maximum absolute atomic E-state index is 13.1. The second-order valence-electron chi connectivity index (χ2n) is 5.03. The summed E-state index contributed by atoms with van der Waals surface area (Å²) in [4.78, 5) is 0. The predicted octanol–water partition coefficient (Wildman–Crippen LogP) is 2.96. The lowest BCUT2D eigenvalue weighted by molar-refractivity contribution is 0.282. The Hall–Kier alpha value is -0.930. The topological polar surface area (TPSA) is 32.3 Å². The van der Waals surface area contributed by atoms with Gasteiger partial charge in [0.05, 0.1) is 0 Å². The molecule has 1 aliphatic carbocycles. The highest BCUT2D eigenvalue weighted by Gasteiger charge is 2.21. The molecule has 0 amide bonds. The third-order valence-corrected chi connectivity index (χ3v) is 3.66. The minimum atomic E-state index is -0.126. The van der Waals surface area contributed by atoms with Crippen LogP contribution in [0.2, 0.25) is 0 Å². The lowest BCUT2D eigenvalue weighted by atomic mass is 10.1. The van der Waals surface area contributed by atoms with Crippen LogP contribution in [-0.4, -0.2) is 18.3 Å². The van der Waals surface area contributed by atoms with E-state index >= 15 is 0 Å². The zero-order valence-electron chi connectivity index (χ0n) is 10.8. The number of rotatable bonds is 7. The average molecular weight is 251 g/mol. The molecule has 100 valence electrons. The molecule has 2 nitrogen and oxygen atoms in total. The van der Waals surface area contributed by atoms with Gasteiger partial charge in [-0.3, -0.25) is 0 Å². The van der Waals surface area contributed by atoms with E-state index in [1.165, 1.54) is 5.56 Å². The summed E-state index contributed by atoms with van der Waals surface area (Å²) in [5.74, 6) is -0.126. The first kappa shape index (κ1) is 13.5. The molecule has 0 heterocycles. The van der Waals surface area contributed by atoms with Crippen LogP contribution in [0.1, 0.15) is 49.3 Å². The molecule has 0 spiro atoms. The van der Waals surface area contributed by atoms with Crippen molar-refractivity contribution in [2.75, 3.05) is 13.2 Å². The largest absolute Gasteiger partial charge is 0.396 e. The number of benzene rings is 1. The molecule has 0 aromatic heterocycles. The summed E-state index contributed by atoms with van der Waals surface area (Å²) in [5.41, 5.74) is 2.43. The molecule has 1 aromatic rings. The van der Waals surface area contributed by atoms with Crippen LogP contribution in [0.15, 0.2) is 18.2 Å². The van der Waals surface area contributed by atoms with E-state index in [1.807, 2.05) is 6.07 Å². The average Bonchev–Trinajstić information content (AvgIpc) is 2.76. The molecular weight excluding hydrogens is 229 g/mol. The molecule has 0 bridgehead atoms. The Morgan fingerprint density at radius 1 is 1.22 bits per heavy atom. The minimum absolute atomic E-state index is 0.126. The molecular formula is C15H22FNO. The Morgan fingerprint density at radius 2 is 2.06 bits per heavy atom. The van der Waals surface area contributed by atoms with Crippen molar-refractivity contribution in [3.05, 3.63) is 35.1 Å². The molecule has 0 saturated carbocycles. The van der Waals surface area contributed by atoms with E-state index in [1.54, 1.807) is 12.1 Å². The van der Waals surface area contributed by atoms with Gasteiger partial charge in [0.2, 0.25) is 0 Å². The quantitative estimate of drug-likeness (QED) is 0.730. The van der Waals surface area contributed by atoms with Gasteiger partial charge in [-0.2, -0.15) is 0 Å². The van der Waals surface area contributed by atoms with Gasteiger partial charge < -0.3 is 10.4 Å². The van der Waals surface area contributed by atoms with Crippen molar-refractivity contribution in [3.63, 3.8) is 0 Å². The lowest BCUT2D eigenvalue weighted by Crippen LogP contribution is -2.20. The number of hydrogen-bond donors (Lipinski definition) is 2. The van der Waals surface area contributed by atoms with Crippen LogP contribution in [0, 0.1) is 5.82 Å². The number of aryl methyl sites for hydroxylation is 1. The molecule has 2 rings (SSSR count). The van der Waals surface area contributed by atoms with Crippen LogP contribution < -0.4 is 5.32 Å². The molecule has 1 atom stereocenters. The van der Waals surface area contributed by atoms with E-state index in [-0.39, 0.29) is 5.82 Å². The molecule has 0 fully saturated rings. The minimum Gasteiger partial charge on any atom is -0.396 e. The van der Waals surface area contributed by atoms with Crippen molar-refractivity contribution < 1.29 is 9.50 Å². The van der Waals surface area contributed by atoms with Crippen LogP contribution in [0.3, 0.4) is 0 Å². The van der Waals surface area contributed by atoms with Gasteiger partial charge in [-0.05, 0) is 55.5 Å². The SMILES string of the molecule is OCCCCCCNC1CCc2cc(F)ccc21. The standard InChI is InChI=1S/C15H22FNO/c16-13-6-7-14-12(11-13)5-8-15(14)17-9-3-1-2-4-10-18/h6-7,11,15,17-18H,1-5,8-10H2. The monoisotopic (exact) mass is 251 g/mol. The van der Waals surface area contributed by atoms with Gasteiger partial charge >= 0.3 is 0 Å². The van der Waals surface area contributed by atoms with E-state index in [9.17, 15) is 4.39 Å². The fourth-order valence-corrected chi connectivity index (χ4v) is 2.66. The van der Waals surface area contributed by atoms with E-state index in [4.69, 9.17) is 5.11 Å². The van der Waals surface area contributed by atoms with E-state index in [2.05, 4.69) is 5.32 Å². The number of nitrogens with one attached hydrogen (secondary N) is 1. The zero-order chi connectivity index (χ0) is 12.8. The van der Waals surface area contributed by atoms with Crippen LogP contribution >= 0.6 is 0 Å². The van der Waals surface area contributed by atoms with Gasteiger partial charge in [0.25, 0.3) is 0 Å². The summed E-state index contributed by atoms with van der Waals surface area (Å²) >= 11 is 0. The summed E-state index contributed by atoms with van der Waals surface area (Å²) in [5, 5.41) is 12.2. The Bertz CT molecular complexity index is 381. The summed E-state index contributed by atoms with van der Waals surface area (Å²) in [6.07, 6.45) is 6.38. The molecule has 3 heteroatoms. The highest BCUT2D eigenvalue weighted by Crippen LogP contribution is 2.31. The lowest BCUT2D eigenvalue weighted by Gasteiger charge is -2.13. The van der Waals surface area contributed by atoms with Gasteiger partial charge in [-0.15, -0.1) is 0 Å². The number of aliphatic hydroxyl groups is 1. The fraction of sp³-hybridized carbons (Fsp3) is 0.600. The Labute approximate surface area is 108 Å². The van der Waals surface area contributed by atoms with Gasteiger partial charge in [-0.25, -0.2) is 4.39 Å². The predicted molar refractivity (Wildman–Crippen MR) is 71.0 cm³/mol. The second kappa shape index (κ2) is 6.86. The Balaban J connectivity index is 1.73. The smallest absolute Gasteiger partial charge is 0.123 e. The first-order chi connectivity index (χ1) is 8.81. The zero-order valence-corrected chi connectivity index (χ0v) is 10.8. The number of fused-ring (bicyclic) bond motifs is 1. The summed E-state index contributed by atoms with van der Waals surface area (Å²) in [6, 6.07) is 5.54. The molecule has 0 radical (unpaired) electrons. The number of unbranched alkanes of at least 4 members (excludes halogenated alkanes) is 3. The van der Waals surface area contributed by atoms with Gasteiger partial charge in [-0.1, -0.05) is 18.9 Å². The molecule has 0 saturated heterocycles. The summed E-state index contributed by atoms with van der Waals surface area (Å²) in [7, 11) is 0. The molecule has 1 unspecified atom stereocenters. The Kier molecular flexibility index (Phi) is 5.14. The fourth-order valence-electron chi connectivity index (χ4n) is 2.66. The van der Waals surface area contributed by atoms with Crippen LogP contribution in [0.4, 0.5) is 4.39 Å². The van der Waals surface area contributed by atoms with Crippen LogP contribution in [-0.2, 0) is 6.42 Å². The first-order valence-electron chi connectivity index (χ1n) is 6.94. The van der Waals surface area contributed by atoms with E-state index < -0.39 is 0 Å². The second-order valence-corrected chi connectivity index (χ2v) is 5.03. The number of aliphatic hydroxyl groups excluding tert-OH is 1. The molecule has 18 heavy (non-hydrogen) atoms. The van der Waals surface area contributed by atoms with Gasteiger partial charge in [0, 0.05) is 12.6 Å². The molecule has 2 N–H and O–H groups in total. The molecule has 0 aliphatic heterocycles. The van der Waals surface area contributed by atoms with Crippen molar-refractivity contribution in [2.45, 2.75) is 44.6 Å². The van der Waals surface area contributed by atoms with Crippen molar-refractivity contribution >= 4 is 0 Å². The van der Waals surface area contributed by atoms with Gasteiger partial charge in [0.1, 0.15) is 5.82 Å².